The van der Waals surface area contributed by atoms with Gasteiger partial charge in [-0.15, -0.1) is 0 Å². The van der Waals surface area contributed by atoms with E-state index >= 15 is 0 Å². The first kappa shape index (κ1) is 20.9. The van der Waals surface area contributed by atoms with E-state index in [-0.39, 0.29) is 16.4 Å². The lowest BCUT2D eigenvalue weighted by atomic mass is 10.0. The molecule has 0 atom stereocenters. The fourth-order valence-corrected chi connectivity index (χ4v) is 4.32. The van der Waals surface area contributed by atoms with Crippen LogP contribution in [0, 0.1) is 13.8 Å². The van der Waals surface area contributed by atoms with E-state index in [0.717, 1.165) is 16.7 Å². The Labute approximate surface area is 161 Å². The van der Waals surface area contributed by atoms with Gasteiger partial charge >= 0.3 is 0 Å². The van der Waals surface area contributed by atoms with Gasteiger partial charge in [-0.3, -0.25) is 4.79 Å². The molecule has 0 radical (unpaired) electrons. The fourth-order valence-electron chi connectivity index (χ4n) is 2.86. The summed E-state index contributed by atoms with van der Waals surface area (Å²) in [4.78, 5) is 12.5. The number of aromatic hydroxyl groups is 1. The van der Waals surface area contributed by atoms with Crippen molar-refractivity contribution in [2.75, 3.05) is 13.1 Å². The van der Waals surface area contributed by atoms with Gasteiger partial charge in [0.2, 0.25) is 10.0 Å². The van der Waals surface area contributed by atoms with Gasteiger partial charge in [0.15, 0.2) is 5.78 Å². The van der Waals surface area contributed by atoms with Crippen molar-refractivity contribution < 1.29 is 18.3 Å². The maximum absolute atomic E-state index is 12.5. The molecule has 0 amide bonds. The highest BCUT2D eigenvalue weighted by molar-refractivity contribution is 7.89. The van der Waals surface area contributed by atoms with E-state index in [0.29, 0.717) is 18.7 Å². The molecule has 5 nitrogen and oxygen atoms in total. The van der Waals surface area contributed by atoms with Gasteiger partial charge in [-0.05, 0) is 73.0 Å². The normalized spacial score (nSPS) is 12.0. The first-order valence-corrected chi connectivity index (χ1v) is 10.3. The standard InChI is InChI=1S/C21H25NO4S/c1-5-22(6-2)27(25,26)19-10-8-18(9-11-19)20(23)12-7-17-13-15(3)21(24)16(4)14-17/h7-14,24H,5-6H2,1-4H3/b12-7+. The van der Waals surface area contributed by atoms with Crippen LogP contribution in [0.2, 0.25) is 0 Å². The summed E-state index contributed by atoms with van der Waals surface area (Å²) in [5, 5.41) is 9.81. The van der Waals surface area contributed by atoms with Crippen LogP contribution in [0.25, 0.3) is 6.08 Å². The lowest BCUT2D eigenvalue weighted by Gasteiger charge is -2.18. The highest BCUT2D eigenvalue weighted by Crippen LogP contribution is 2.23. The molecule has 2 rings (SSSR count). The van der Waals surface area contributed by atoms with Gasteiger partial charge in [-0.25, -0.2) is 8.42 Å². The Bertz CT molecular complexity index is 933. The Morgan fingerprint density at radius 3 is 2.04 bits per heavy atom. The van der Waals surface area contributed by atoms with Gasteiger partial charge in [0.1, 0.15) is 5.75 Å². The predicted molar refractivity (Wildman–Crippen MR) is 107 cm³/mol. The van der Waals surface area contributed by atoms with Gasteiger partial charge < -0.3 is 5.11 Å². The number of carbonyl (C=O) groups is 1. The molecular formula is C21H25NO4S. The molecule has 0 fully saturated rings. The Morgan fingerprint density at radius 2 is 1.56 bits per heavy atom. The zero-order valence-corrected chi connectivity index (χ0v) is 16.9. The predicted octanol–water partition coefficient (Wildman–Crippen LogP) is 3.94. The highest BCUT2D eigenvalue weighted by Gasteiger charge is 2.21. The molecule has 0 aliphatic rings. The molecule has 6 heteroatoms. The number of ketones is 1. The maximum Gasteiger partial charge on any atom is 0.243 e. The summed E-state index contributed by atoms with van der Waals surface area (Å²) in [5.74, 6) is 0.0358. The second-order valence-corrected chi connectivity index (χ2v) is 8.25. The van der Waals surface area contributed by atoms with Gasteiger partial charge in [0, 0.05) is 18.7 Å². The van der Waals surface area contributed by atoms with Crippen LogP contribution in [0.15, 0.2) is 47.4 Å². The second-order valence-electron chi connectivity index (χ2n) is 6.31. The van der Waals surface area contributed by atoms with Crippen LogP contribution in [0.5, 0.6) is 5.75 Å². The van der Waals surface area contributed by atoms with Crippen LogP contribution in [-0.2, 0) is 10.0 Å². The lowest BCUT2D eigenvalue weighted by molar-refractivity contribution is 0.104. The number of sulfonamides is 1. The molecule has 144 valence electrons. The highest BCUT2D eigenvalue weighted by atomic mass is 32.2. The first-order chi connectivity index (χ1) is 12.7. The van der Waals surface area contributed by atoms with Crippen LogP contribution in [0.4, 0.5) is 0 Å². The quantitative estimate of drug-likeness (QED) is 0.577. The summed E-state index contributed by atoms with van der Waals surface area (Å²) in [6.45, 7) is 7.97. The fraction of sp³-hybridized carbons (Fsp3) is 0.286. The van der Waals surface area contributed by atoms with Crippen LogP contribution in [0.1, 0.15) is 40.9 Å². The number of rotatable bonds is 7. The number of aryl methyl sites for hydroxylation is 2. The van der Waals surface area contributed by atoms with Crippen molar-refractivity contribution in [2.24, 2.45) is 0 Å². The van der Waals surface area contributed by atoms with Crippen LogP contribution in [0.3, 0.4) is 0 Å². The van der Waals surface area contributed by atoms with Crippen LogP contribution in [-0.4, -0.2) is 36.7 Å². The first-order valence-electron chi connectivity index (χ1n) is 8.83. The summed E-state index contributed by atoms with van der Waals surface area (Å²) < 4.78 is 26.3. The molecule has 2 aromatic rings. The summed E-state index contributed by atoms with van der Waals surface area (Å²) in [5.41, 5.74) is 2.72. The van der Waals surface area contributed by atoms with E-state index < -0.39 is 10.0 Å². The SMILES string of the molecule is CCN(CC)S(=O)(=O)c1ccc(C(=O)/C=C/c2cc(C)c(O)c(C)c2)cc1. The Kier molecular flexibility index (Phi) is 6.57. The van der Waals surface area contributed by atoms with Crippen molar-refractivity contribution in [3.05, 3.63) is 64.7 Å². The molecule has 27 heavy (non-hydrogen) atoms. The molecule has 0 saturated carbocycles. The average Bonchev–Trinajstić information content (AvgIpc) is 2.64. The molecule has 0 aliphatic heterocycles. The van der Waals surface area contributed by atoms with Crippen molar-refractivity contribution in [1.82, 2.24) is 4.31 Å². The number of allylic oxidation sites excluding steroid dienone is 1. The molecule has 0 spiro atoms. The van der Waals surface area contributed by atoms with Gasteiger partial charge in [0.05, 0.1) is 4.90 Å². The van der Waals surface area contributed by atoms with E-state index in [1.807, 2.05) is 0 Å². The summed E-state index contributed by atoms with van der Waals surface area (Å²) >= 11 is 0. The van der Waals surface area contributed by atoms with E-state index in [1.54, 1.807) is 45.9 Å². The molecule has 0 aliphatic carbocycles. The number of nitrogens with zero attached hydrogens (tertiary/aromatic N) is 1. The number of phenolic OH excluding ortho intramolecular Hbond substituents is 1. The van der Waals surface area contributed by atoms with E-state index in [9.17, 15) is 18.3 Å². The Balaban J connectivity index is 2.21. The van der Waals surface area contributed by atoms with Gasteiger partial charge in [0.25, 0.3) is 0 Å². The van der Waals surface area contributed by atoms with Gasteiger partial charge in [-0.1, -0.05) is 19.9 Å². The summed E-state index contributed by atoms with van der Waals surface area (Å²) in [6, 6.07) is 9.57. The smallest absolute Gasteiger partial charge is 0.243 e. The number of benzene rings is 2. The second kappa shape index (κ2) is 8.50. The minimum atomic E-state index is -3.53. The topological polar surface area (TPSA) is 74.7 Å². The zero-order valence-electron chi connectivity index (χ0n) is 16.1. The van der Waals surface area contributed by atoms with Crippen molar-refractivity contribution in [1.29, 1.82) is 0 Å². The van der Waals surface area contributed by atoms with Gasteiger partial charge in [-0.2, -0.15) is 4.31 Å². The number of phenols is 1. The zero-order chi connectivity index (χ0) is 20.2. The molecule has 0 bridgehead atoms. The molecule has 0 unspecified atom stereocenters. The van der Waals surface area contributed by atoms with E-state index in [1.165, 1.54) is 34.6 Å². The van der Waals surface area contributed by atoms with Crippen molar-refractivity contribution in [2.45, 2.75) is 32.6 Å². The minimum Gasteiger partial charge on any atom is -0.507 e. The number of hydrogen-bond acceptors (Lipinski definition) is 4. The molecule has 1 N–H and O–H groups in total. The molecule has 0 saturated heterocycles. The molecule has 2 aromatic carbocycles. The van der Waals surface area contributed by atoms with Crippen molar-refractivity contribution >= 4 is 21.9 Å². The third-order valence-corrected chi connectivity index (χ3v) is 6.49. The van der Waals surface area contributed by atoms with Crippen molar-refractivity contribution in [3.63, 3.8) is 0 Å². The molecule has 0 heterocycles. The third kappa shape index (κ3) is 4.64. The Hall–Kier alpha value is -2.44. The lowest BCUT2D eigenvalue weighted by Crippen LogP contribution is -2.30. The maximum atomic E-state index is 12.5. The van der Waals surface area contributed by atoms with E-state index in [2.05, 4.69) is 0 Å². The largest absolute Gasteiger partial charge is 0.507 e. The molecular weight excluding hydrogens is 362 g/mol. The minimum absolute atomic E-state index is 0.177. The Morgan fingerprint density at radius 1 is 1.04 bits per heavy atom. The summed E-state index contributed by atoms with van der Waals surface area (Å²) in [6.07, 6.45) is 3.13. The van der Waals surface area contributed by atoms with E-state index in [4.69, 9.17) is 0 Å². The van der Waals surface area contributed by atoms with Crippen LogP contribution < -0.4 is 0 Å². The summed E-state index contributed by atoms with van der Waals surface area (Å²) in [7, 11) is -3.53. The number of hydrogen-bond donors (Lipinski definition) is 1. The monoisotopic (exact) mass is 387 g/mol. The van der Waals surface area contributed by atoms with Crippen molar-refractivity contribution in [3.8, 4) is 5.75 Å². The van der Waals surface area contributed by atoms with Crippen LogP contribution >= 0.6 is 0 Å². The average molecular weight is 388 g/mol. The number of carbonyl (C=O) groups excluding carboxylic acids is 1. The third-order valence-electron chi connectivity index (χ3n) is 4.42. The molecule has 0 aromatic heterocycles.